The fraction of sp³-hybridized carbons (Fsp3) is 0.444. The molecule has 2 aliphatic heterocycles. The molecule has 24 heavy (non-hydrogen) atoms. The summed E-state index contributed by atoms with van der Waals surface area (Å²) in [5.41, 5.74) is 2.26. The van der Waals surface area contributed by atoms with E-state index in [1.807, 2.05) is 6.07 Å². The first-order valence-corrected chi connectivity index (χ1v) is 8.41. The molecule has 6 nitrogen and oxygen atoms in total. The lowest BCUT2D eigenvalue weighted by Gasteiger charge is -2.38. The van der Waals surface area contributed by atoms with Crippen LogP contribution in [-0.2, 0) is 9.47 Å². The Balaban J connectivity index is 1.44. The van der Waals surface area contributed by atoms with Crippen LogP contribution in [0.1, 0.15) is 18.4 Å². The van der Waals surface area contributed by atoms with Crippen molar-refractivity contribution in [1.29, 1.82) is 0 Å². The number of hydrogen-bond donors (Lipinski definition) is 1. The Hall–Kier alpha value is -2.18. The maximum Gasteiger partial charge on any atom is 0.171 e. The van der Waals surface area contributed by atoms with E-state index in [0.29, 0.717) is 13.2 Å². The SMILES string of the molecule is Cc1ccc(Nc2cc(N3CCC4(CC3)OCCO4)ncn2)cc1. The van der Waals surface area contributed by atoms with E-state index in [-0.39, 0.29) is 5.79 Å². The normalized spacial score (nSPS) is 19.6. The molecule has 0 amide bonds. The van der Waals surface area contributed by atoms with Gasteiger partial charge in [0.2, 0.25) is 0 Å². The molecule has 1 aromatic carbocycles. The molecule has 2 fully saturated rings. The molecule has 1 N–H and O–H groups in total. The van der Waals surface area contributed by atoms with E-state index in [1.54, 1.807) is 6.33 Å². The molecule has 3 heterocycles. The number of nitrogens with one attached hydrogen (secondary N) is 1. The van der Waals surface area contributed by atoms with E-state index in [1.165, 1.54) is 5.56 Å². The largest absolute Gasteiger partial charge is 0.356 e. The van der Waals surface area contributed by atoms with Gasteiger partial charge in [-0.15, -0.1) is 0 Å². The Labute approximate surface area is 141 Å². The molecule has 1 spiro atoms. The second-order valence-electron chi connectivity index (χ2n) is 6.35. The number of piperidine rings is 1. The summed E-state index contributed by atoms with van der Waals surface area (Å²) in [6.07, 6.45) is 3.36. The standard InChI is InChI=1S/C18H22N4O2/c1-14-2-4-15(5-3-14)21-16-12-17(20-13-19-16)22-8-6-18(7-9-22)23-10-11-24-18/h2-5,12-13H,6-11H2,1H3,(H,19,20,21). The van der Waals surface area contributed by atoms with Gasteiger partial charge in [-0.05, 0) is 19.1 Å². The molecule has 0 saturated carbocycles. The van der Waals surface area contributed by atoms with E-state index in [0.717, 1.165) is 43.3 Å². The fourth-order valence-electron chi connectivity index (χ4n) is 3.24. The lowest BCUT2D eigenvalue weighted by Crippen LogP contribution is -2.45. The van der Waals surface area contributed by atoms with Crippen molar-refractivity contribution in [1.82, 2.24) is 9.97 Å². The van der Waals surface area contributed by atoms with Gasteiger partial charge in [0.05, 0.1) is 13.2 Å². The van der Waals surface area contributed by atoms with Crippen molar-refractivity contribution in [2.45, 2.75) is 25.6 Å². The summed E-state index contributed by atoms with van der Waals surface area (Å²) in [5, 5.41) is 3.33. The molecule has 2 aromatic rings. The maximum absolute atomic E-state index is 5.78. The number of rotatable bonds is 3. The first-order valence-electron chi connectivity index (χ1n) is 8.41. The molecule has 2 saturated heterocycles. The van der Waals surface area contributed by atoms with Gasteiger partial charge in [0, 0.05) is 37.7 Å². The highest BCUT2D eigenvalue weighted by atomic mass is 16.7. The van der Waals surface area contributed by atoms with Crippen LogP contribution < -0.4 is 10.2 Å². The van der Waals surface area contributed by atoms with Crippen LogP contribution >= 0.6 is 0 Å². The highest BCUT2D eigenvalue weighted by Gasteiger charge is 2.40. The topological polar surface area (TPSA) is 59.5 Å². The number of benzene rings is 1. The van der Waals surface area contributed by atoms with Gasteiger partial charge < -0.3 is 19.7 Å². The number of ether oxygens (including phenoxy) is 2. The van der Waals surface area contributed by atoms with Crippen LogP contribution in [0.3, 0.4) is 0 Å². The predicted octanol–water partition coefficient (Wildman–Crippen LogP) is 2.87. The van der Waals surface area contributed by atoms with Gasteiger partial charge >= 0.3 is 0 Å². The Bertz CT molecular complexity index is 688. The van der Waals surface area contributed by atoms with E-state index in [2.05, 4.69) is 51.4 Å². The van der Waals surface area contributed by atoms with Crippen molar-refractivity contribution >= 4 is 17.3 Å². The number of anilines is 3. The second-order valence-corrected chi connectivity index (χ2v) is 6.35. The van der Waals surface area contributed by atoms with Crippen molar-refractivity contribution in [3.05, 3.63) is 42.2 Å². The van der Waals surface area contributed by atoms with Gasteiger partial charge in [0.15, 0.2) is 5.79 Å². The smallest absolute Gasteiger partial charge is 0.171 e. The van der Waals surface area contributed by atoms with Crippen LogP contribution in [0.4, 0.5) is 17.3 Å². The van der Waals surface area contributed by atoms with Gasteiger partial charge in [-0.3, -0.25) is 0 Å². The van der Waals surface area contributed by atoms with Gasteiger partial charge in [-0.2, -0.15) is 0 Å². The van der Waals surface area contributed by atoms with Crippen molar-refractivity contribution in [2.75, 3.05) is 36.5 Å². The minimum Gasteiger partial charge on any atom is -0.356 e. The molecular formula is C18H22N4O2. The van der Waals surface area contributed by atoms with Crippen LogP contribution in [0.2, 0.25) is 0 Å². The second kappa shape index (κ2) is 6.37. The summed E-state index contributed by atoms with van der Waals surface area (Å²) < 4.78 is 11.6. The minimum absolute atomic E-state index is 0.355. The van der Waals surface area contributed by atoms with Crippen molar-refractivity contribution in [3.63, 3.8) is 0 Å². The molecule has 0 unspecified atom stereocenters. The molecule has 0 radical (unpaired) electrons. The van der Waals surface area contributed by atoms with Crippen molar-refractivity contribution in [2.24, 2.45) is 0 Å². The molecule has 126 valence electrons. The van der Waals surface area contributed by atoms with Crippen LogP contribution in [0, 0.1) is 6.92 Å². The van der Waals surface area contributed by atoms with Gasteiger partial charge in [-0.1, -0.05) is 17.7 Å². The molecular weight excluding hydrogens is 304 g/mol. The number of aryl methyl sites for hydroxylation is 1. The Kier molecular flexibility index (Phi) is 4.08. The van der Waals surface area contributed by atoms with Crippen LogP contribution in [0.5, 0.6) is 0 Å². The lowest BCUT2D eigenvalue weighted by molar-refractivity contribution is -0.169. The minimum atomic E-state index is -0.355. The highest BCUT2D eigenvalue weighted by Crippen LogP contribution is 2.33. The summed E-state index contributed by atoms with van der Waals surface area (Å²) in [7, 11) is 0. The monoisotopic (exact) mass is 326 g/mol. The first kappa shape index (κ1) is 15.4. The average molecular weight is 326 g/mol. The quantitative estimate of drug-likeness (QED) is 0.936. The fourth-order valence-corrected chi connectivity index (χ4v) is 3.24. The number of hydrogen-bond acceptors (Lipinski definition) is 6. The highest BCUT2D eigenvalue weighted by molar-refractivity contribution is 5.59. The summed E-state index contributed by atoms with van der Waals surface area (Å²) in [5.74, 6) is 1.39. The third-order valence-electron chi connectivity index (χ3n) is 4.64. The zero-order chi connectivity index (χ0) is 16.4. The summed E-state index contributed by atoms with van der Waals surface area (Å²) in [6, 6.07) is 10.3. The van der Waals surface area contributed by atoms with E-state index in [4.69, 9.17) is 9.47 Å². The molecule has 4 rings (SSSR count). The molecule has 0 atom stereocenters. The predicted molar refractivity (Wildman–Crippen MR) is 92.6 cm³/mol. The van der Waals surface area contributed by atoms with E-state index >= 15 is 0 Å². The maximum atomic E-state index is 5.78. The third-order valence-corrected chi connectivity index (χ3v) is 4.64. The summed E-state index contributed by atoms with van der Waals surface area (Å²) >= 11 is 0. The van der Waals surface area contributed by atoms with E-state index < -0.39 is 0 Å². The molecule has 0 bridgehead atoms. The average Bonchev–Trinajstić information content (AvgIpc) is 3.06. The van der Waals surface area contributed by atoms with Gasteiger partial charge in [0.1, 0.15) is 18.0 Å². The van der Waals surface area contributed by atoms with E-state index in [9.17, 15) is 0 Å². The zero-order valence-corrected chi connectivity index (χ0v) is 13.9. The van der Waals surface area contributed by atoms with Crippen LogP contribution in [0.25, 0.3) is 0 Å². The number of nitrogens with zero attached hydrogens (tertiary/aromatic N) is 3. The van der Waals surface area contributed by atoms with Crippen LogP contribution in [0.15, 0.2) is 36.7 Å². The first-order chi connectivity index (χ1) is 11.7. The summed E-state index contributed by atoms with van der Waals surface area (Å²) in [4.78, 5) is 11.0. The molecule has 1 aromatic heterocycles. The van der Waals surface area contributed by atoms with Crippen molar-refractivity contribution in [3.8, 4) is 0 Å². The summed E-state index contributed by atoms with van der Waals surface area (Å²) in [6.45, 7) is 5.24. The van der Waals surface area contributed by atoms with Gasteiger partial charge in [0.25, 0.3) is 0 Å². The zero-order valence-electron chi connectivity index (χ0n) is 13.9. The Morgan fingerprint density at radius 2 is 1.75 bits per heavy atom. The Morgan fingerprint density at radius 3 is 2.46 bits per heavy atom. The molecule has 0 aliphatic carbocycles. The third kappa shape index (κ3) is 3.20. The van der Waals surface area contributed by atoms with Crippen LogP contribution in [-0.4, -0.2) is 42.1 Å². The molecule has 6 heteroatoms. The Morgan fingerprint density at radius 1 is 1.04 bits per heavy atom. The number of aromatic nitrogens is 2. The lowest BCUT2D eigenvalue weighted by atomic mass is 10.0. The van der Waals surface area contributed by atoms with Gasteiger partial charge in [-0.25, -0.2) is 9.97 Å². The van der Waals surface area contributed by atoms with Crippen molar-refractivity contribution < 1.29 is 9.47 Å². The molecule has 2 aliphatic rings.